The van der Waals surface area contributed by atoms with E-state index in [1.165, 1.54) is 18.2 Å². The summed E-state index contributed by atoms with van der Waals surface area (Å²) in [5.41, 5.74) is 2.65. The van der Waals surface area contributed by atoms with Crippen molar-refractivity contribution < 1.29 is 14.1 Å². The molecule has 0 aliphatic rings. The van der Waals surface area contributed by atoms with Crippen LogP contribution in [0.1, 0.15) is 32.9 Å². The molecule has 1 amide bonds. The number of carbonyl (C=O) groups excluding carboxylic acids is 1. The highest BCUT2D eigenvalue weighted by Crippen LogP contribution is 2.20. The predicted molar refractivity (Wildman–Crippen MR) is 94.1 cm³/mol. The summed E-state index contributed by atoms with van der Waals surface area (Å²) >= 11 is 0. The standard InChI is InChI=1S/C18H16N4O4/c1-11-3-6-13(7-4-11)9-16-20-21-18(26-16)19-17(23)14-8-5-12(2)15(10-14)22(24)25/h3-8,10H,9H2,1-2H3,(H,19,21,23). The van der Waals surface area contributed by atoms with Crippen LogP contribution in [0.15, 0.2) is 46.9 Å². The lowest BCUT2D eigenvalue weighted by Gasteiger charge is -2.02. The summed E-state index contributed by atoms with van der Waals surface area (Å²) in [6.07, 6.45) is 0.444. The fourth-order valence-corrected chi connectivity index (χ4v) is 2.37. The number of amides is 1. The number of hydrogen-bond donors (Lipinski definition) is 1. The third-order valence-corrected chi connectivity index (χ3v) is 3.83. The van der Waals surface area contributed by atoms with Gasteiger partial charge < -0.3 is 4.42 Å². The fourth-order valence-electron chi connectivity index (χ4n) is 2.37. The molecule has 0 radical (unpaired) electrons. The van der Waals surface area contributed by atoms with Crippen LogP contribution in [0.25, 0.3) is 0 Å². The van der Waals surface area contributed by atoms with Gasteiger partial charge in [0.25, 0.3) is 11.6 Å². The van der Waals surface area contributed by atoms with Crippen LogP contribution in [0.4, 0.5) is 11.7 Å². The molecule has 26 heavy (non-hydrogen) atoms. The molecule has 3 rings (SSSR count). The number of benzene rings is 2. The van der Waals surface area contributed by atoms with E-state index in [9.17, 15) is 14.9 Å². The molecule has 0 aliphatic heterocycles. The Bertz CT molecular complexity index is 964. The summed E-state index contributed by atoms with van der Waals surface area (Å²) in [6, 6.07) is 12.1. The first-order valence-electron chi connectivity index (χ1n) is 7.86. The average molecular weight is 352 g/mol. The zero-order valence-electron chi connectivity index (χ0n) is 14.2. The van der Waals surface area contributed by atoms with Gasteiger partial charge >= 0.3 is 6.01 Å². The molecule has 2 aromatic carbocycles. The first-order valence-corrected chi connectivity index (χ1v) is 7.86. The minimum atomic E-state index is -0.557. The van der Waals surface area contributed by atoms with E-state index in [-0.39, 0.29) is 17.3 Å². The van der Waals surface area contributed by atoms with Crippen molar-refractivity contribution in [3.63, 3.8) is 0 Å². The lowest BCUT2D eigenvalue weighted by atomic mass is 10.1. The first-order chi connectivity index (χ1) is 12.4. The molecule has 1 heterocycles. The van der Waals surface area contributed by atoms with E-state index in [0.717, 1.165) is 11.1 Å². The summed E-state index contributed by atoms with van der Waals surface area (Å²) in [6.45, 7) is 3.61. The molecule has 3 aromatic rings. The van der Waals surface area contributed by atoms with Gasteiger partial charge in [-0.05, 0) is 25.5 Å². The lowest BCUT2D eigenvalue weighted by molar-refractivity contribution is -0.385. The maximum Gasteiger partial charge on any atom is 0.322 e. The van der Waals surface area contributed by atoms with Gasteiger partial charge in [-0.1, -0.05) is 41.0 Å². The lowest BCUT2D eigenvalue weighted by Crippen LogP contribution is -2.12. The zero-order chi connectivity index (χ0) is 18.7. The molecule has 1 N–H and O–H groups in total. The predicted octanol–water partition coefficient (Wildman–Crippen LogP) is 3.44. The maximum atomic E-state index is 12.2. The minimum absolute atomic E-state index is 0.0552. The van der Waals surface area contributed by atoms with Crippen LogP contribution in [0.2, 0.25) is 0 Å². The quantitative estimate of drug-likeness (QED) is 0.556. The van der Waals surface area contributed by atoms with Gasteiger partial charge in [0.15, 0.2) is 0 Å². The van der Waals surface area contributed by atoms with Gasteiger partial charge in [-0.15, -0.1) is 5.10 Å². The van der Waals surface area contributed by atoms with Crippen molar-refractivity contribution in [3.8, 4) is 0 Å². The van der Waals surface area contributed by atoms with Crippen molar-refractivity contribution in [3.05, 3.63) is 80.7 Å². The van der Waals surface area contributed by atoms with Crippen molar-refractivity contribution in [1.29, 1.82) is 0 Å². The summed E-state index contributed by atoms with van der Waals surface area (Å²) in [7, 11) is 0. The number of rotatable bonds is 5. The Hall–Kier alpha value is -3.55. The number of aryl methyl sites for hydroxylation is 2. The van der Waals surface area contributed by atoms with Crippen molar-refractivity contribution in [1.82, 2.24) is 10.2 Å². The summed E-state index contributed by atoms with van der Waals surface area (Å²) in [5.74, 6) is -0.197. The van der Waals surface area contributed by atoms with Crippen LogP contribution in [-0.2, 0) is 6.42 Å². The molecular formula is C18H16N4O4. The molecule has 8 nitrogen and oxygen atoms in total. The molecule has 0 unspecified atom stereocenters. The number of aromatic nitrogens is 2. The highest BCUT2D eigenvalue weighted by molar-refractivity contribution is 6.03. The minimum Gasteiger partial charge on any atom is -0.407 e. The molecule has 0 spiro atoms. The van der Waals surface area contributed by atoms with Gasteiger partial charge in [-0.3, -0.25) is 20.2 Å². The maximum absolute atomic E-state index is 12.2. The molecule has 0 fully saturated rings. The molecule has 0 aliphatic carbocycles. The van der Waals surface area contributed by atoms with Crippen LogP contribution in [-0.4, -0.2) is 21.0 Å². The third-order valence-electron chi connectivity index (χ3n) is 3.83. The third kappa shape index (κ3) is 3.92. The Labute approximate surface area is 149 Å². The molecule has 8 heteroatoms. The van der Waals surface area contributed by atoms with Crippen LogP contribution in [0.3, 0.4) is 0 Å². The van der Waals surface area contributed by atoms with Crippen LogP contribution >= 0.6 is 0 Å². The normalized spacial score (nSPS) is 10.5. The van der Waals surface area contributed by atoms with Crippen LogP contribution < -0.4 is 5.32 Å². The summed E-state index contributed by atoms with van der Waals surface area (Å²) in [5, 5.41) is 21.1. The van der Waals surface area contributed by atoms with Gasteiger partial charge in [0.05, 0.1) is 11.3 Å². The Morgan fingerprint density at radius 2 is 1.88 bits per heavy atom. The highest BCUT2D eigenvalue weighted by atomic mass is 16.6. The van der Waals surface area contributed by atoms with Crippen molar-refractivity contribution in [2.45, 2.75) is 20.3 Å². The van der Waals surface area contributed by atoms with Gasteiger partial charge in [0, 0.05) is 17.2 Å². The molecule has 0 saturated heterocycles. The molecule has 132 valence electrons. The van der Waals surface area contributed by atoms with Gasteiger partial charge in [0.1, 0.15) is 0 Å². The second kappa shape index (κ2) is 7.14. The van der Waals surface area contributed by atoms with Crippen LogP contribution in [0.5, 0.6) is 0 Å². The Balaban J connectivity index is 1.70. The molecule has 0 atom stereocenters. The largest absolute Gasteiger partial charge is 0.407 e. The van der Waals surface area contributed by atoms with Gasteiger partial charge in [-0.2, -0.15) is 0 Å². The molecule has 1 aromatic heterocycles. The number of hydrogen-bond acceptors (Lipinski definition) is 6. The van der Waals surface area contributed by atoms with E-state index >= 15 is 0 Å². The molecule has 0 saturated carbocycles. The van der Waals surface area contributed by atoms with E-state index in [4.69, 9.17) is 4.42 Å². The fraction of sp³-hybridized carbons (Fsp3) is 0.167. The molecular weight excluding hydrogens is 336 g/mol. The monoisotopic (exact) mass is 352 g/mol. The smallest absolute Gasteiger partial charge is 0.322 e. The van der Waals surface area contributed by atoms with Crippen molar-refractivity contribution >= 4 is 17.6 Å². The number of anilines is 1. The Morgan fingerprint density at radius 1 is 1.15 bits per heavy atom. The van der Waals surface area contributed by atoms with Gasteiger partial charge in [-0.25, -0.2) is 0 Å². The van der Waals surface area contributed by atoms with Gasteiger partial charge in [0.2, 0.25) is 5.89 Å². The van der Waals surface area contributed by atoms with E-state index in [1.54, 1.807) is 6.92 Å². The number of nitro groups is 1. The Morgan fingerprint density at radius 3 is 2.58 bits per heavy atom. The van der Waals surface area contributed by atoms with Crippen molar-refractivity contribution in [2.24, 2.45) is 0 Å². The number of nitrogens with one attached hydrogen (secondary N) is 1. The topological polar surface area (TPSA) is 111 Å². The van der Waals surface area contributed by atoms with E-state index in [0.29, 0.717) is 17.9 Å². The SMILES string of the molecule is Cc1ccc(Cc2nnc(NC(=O)c3ccc(C)c([N+](=O)[O-])c3)o2)cc1. The number of carbonyl (C=O) groups is 1. The second-order valence-electron chi connectivity index (χ2n) is 5.88. The first kappa shape index (κ1) is 17.3. The van der Waals surface area contributed by atoms with Crippen LogP contribution in [0, 0.1) is 24.0 Å². The summed E-state index contributed by atoms with van der Waals surface area (Å²) < 4.78 is 5.42. The summed E-state index contributed by atoms with van der Waals surface area (Å²) in [4.78, 5) is 22.7. The highest BCUT2D eigenvalue weighted by Gasteiger charge is 2.17. The number of nitrogens with zero attached hydrogens (tertiary/aromatic N) is 3. The second-order valence-corrected chi connectivity index (χ2v) is 5.88. The van der Waals surface area contributed by atoms with E-state index < -0.39 is 10.8 Å². The zero-order valence-corrected chi connectivity index (χ0v) is 14.2. The van der Waals surface area contributed by atoms with Crippen molar-refractivity contribution in [2.75, 3.05) is 5.32 Å². The number of nitro benzene ring substituents is 1. The van der Waals surface area contributed by atoms with E-state index in [1.807, 2.05) is 31.2 Å². The average Bonchev–Trinajstić information content (AvgIpc) is 3.04. The molecule has 0 bridgehead atoms. The Kier molecular flexibility index (Phi) is 4.74. The van der Waals surface area contributed by atoms with E-state index in [2.05, 4.69) is 15.5 Å².